The Bertz CT molecular complexity index is 798. The topological polar surface area (TPSA) is 129 Å². The van der Waals surface area contributed by atoms with Gasteiger partial charge in [0.25, 0.3) is 0 Å². The zero-order valence-electron chi connectivity index (χ0n) is 15.3. The van der Waals surface area contributed by atoms with Crippen LogP contribution in [0, 0.1) is 5.92 Å². The molecule has 0 aromatic carbocycles. The lowest BCUT2D eigenvalue weighted by molar-refractivity contribution is 0.00107. The van der Waals surface area contributed by atoms with E-state index in [0.717, 1.165) is 25.0 Å². The molecule has 0 radical (unpaired) electrons. The molecule has 2 aromatic rings. The summed E-state index contributed by atoms with van der Waals surface area (Å²) in [5.74, 6) is 1.43. The standard InChI is InChI=1S/C17H26N6O3S/c1-2-7-27-17-19-15(18-10-3-4-10)12-16(20-17)23(22-21-12)11-8-9(5-6-24)13(25)14(11)26/h9-11,13-14,24-26H,2-8H2,1H3,(H,18,19,20)/t9-,11+,13+,14-/m1/s1. The lowest BCUT2D eigenvalue weighted by Crippen LogP contribution is -2.30. The highest BCUT2D eigenvalue weighted by Gasteiger charge is 2.43. The molecule has 2 fully saturated rings. The second-order valence-corrected chi connectivity index (χ2v) is 8.45. The number of nitrogens with zero attached hydrogens (tertiary/aromatic N) is 5. The predicted molar refractivity (Wildman–Crippen MR) is 102 cm³/mol. The van der Waals surface area contributed by atoms with Crippen LogP contribution >= 0.6 is 11.8 Å². The molecular weight excluding hydrogens is 368 g/mol. The molecule has 0 unspecified atom stereocenters. The number of thioether (sulfide) groups is 1. The Morgan fingerprint density at radius 1 is 1.22 bits per heavy atom. The van der Waals surface area contributed by atoms with E-state index < -0.39 is 18.2 Å². The van der Waals surface area contributed by atoms with Gasteiger partial charge in [0.05, 0.1) is 12.1 Å². The third-order valence-electron chi connectivity index (χ3n) is 5.24. The van der Waals surface area contributed by atoms with Crippen molar-refractivity contribution in [2.75, 3.05) is 17.7 Å². The molecule has 2 aromatic heterocycles. The fraction of sp³-hybridized carbons (Fsp3) is 0.765. The summed E-state index contributed by atoms with van der Waals surface area (Å²) in [6, 6.07) is -0.000599. The largest absolute Gasteiger partial charge is 0.396 e. The molecule has 2 saturated carbocycles. The first-order valence-electron chi connectivity index (χ1n) is 9.61. The Balaban J connectivity index is 1.70. The molecule has 2 heterocycles. The molecule has 4 atom stereocenters. The van der Waals surface area contributed by atoms with Gasteiger partial charge in [-0.2, -0.15) is 0 Å². The first-order valence-corrected chi connectivity index (χ1v) is 10.6. The van der Waals surface area contributed by atoms with Gasteiger partial charge in [0.2, 0.25) is 0 Å². The maximum atomic E-state index is 10.5. The van der Waals surface area contributed by atoms with Gasteiger partial charge in [-0.3, -0.25) is 0 Å². The van der Waals surface area contributed by atoms with Crippen LogP contribution in [-0.4, -0.2) is 70.9 Å². The Morgan fingerprint density at radius 2 is 2.04 bits per heavy atom. The van der Waals surface area contributed by atoms with Crippen molar-refractivity contribution in [3.8, 4) is 0 Å². The molecule has 2 aliphatic carbocycles. The molecule has 0 aliphatic heterocycles. The average Bonchev–Trinajstić information content (AvgIpc) is 3.31. The normalized spacial score (nSPS) is 28.1. The summed E-state index contributed by atoms with van der Waals surface area (Å²) in [7, 11) is 0. The van der Waals surface area contributed by atoms with Crippen molar-refractivity contribution in [3.05, 3.63) is 0 Å². The molecule has 27 heavy (non-hydrogen) atoms. The van der Waals surface area contributed by atoms with Crippen LogP contribution in [0.3, 0.4) is 0 Å². The first-order chi connectivity index (χ1) is 13.1. The maximum absolute atomic E-state index is 10.5. The van der Waals surface area contributed by atoms with Gasteiger partial charge in [-0.1, -0.05) is 23.9 Å². The molecule has 0 spiro atoms. The molecule has 9 nitrogen and oxygen atoms in total. The van der Waals surface area contributed by atoms with Crippen LogP contribution in [0.4, 0.5) is 5.82 Å². The predicted octanol–water partition coefficient (Wildman–Crippen LogP) is 0.963. The Hall–Kier alpha value is -1.49. The minimum atomic E-state index is -0.965. The van der Waals surface area contributed by atoms with E-state index in [9.17, 15) is 15.3 Å². The van der Waals surface area contributed by atoms with E-state index in [1.165, 1.54) is 0 Å². The number of aliphatic hydroxyl groups excluding tert-OH is 3. The van der Waals surface area contributed by atoms with Gasteiger partial charge in [-0.15, -0.1) is 5.10 Å². The second kappa shape index (κ2) is 7.86. The van der Waals surface area contributed by atoms with E-state index in [1.54, 1.807) is 16.4 Å². The summed E-state index contributed by atoms with van der Waals surface area (Å²) in [6.07, 6.45) is 2.37. The highest BCUT2D eigenvalue weighted by molar-refractivity contribution is 7.99. The fourth-order valence-corrected chi connectivity index (χ4v) is 4.30. The average molecular weight is 395 g/mol. The van der Waals surface area contributed by atoms with Crippen molar-refractivity contribution >= 4 is 28.7 Å². The van der Waals surface area contributed by atoms with Gasteiger partial charge in [-0.25, -0.2) is 14.6 Å². The number of nitrogens with one attached hydrogen (secondary N) is 1. The maximum Gasteiger partial charge on any atom is 0.191 e. The summed E-state index contributed by atoms with van der Waals surface area (Å²) in [6.45, 7) is 2.09. The molecule has 0 saturated heterocycles. The van der Waals surface area contributed by atoms with Gasteiger partial charge in [-0.05, 0) is 38.0 Å². The molecule has 0 bridgehead atoms. The smallest absolute Gasteiger partial charge is 0.191 e. The highest BCUT2D eigenvalue weighted by atomic mass is 32.2. The van der Waals surface area contributed by atoms with Gasteiger partial charge < -0.3 is 20.6 Å². The number of fused-ring (bicyclic) bond motifs is 1. The summed E-state index contributed by atoms with van der Waals surface area (Å²) in [4.78, 5) is 9.26. The fourth-order valence-electron chi connectivity index (χ4n) is 3.61. The van der Waals surface area contributed by atoms with Crippen LogP contribution in [-0.2, 0) is 0 Å². The highest BCUT2D eigenvalue weighted by Crippen LogP contribution is 2.38. The van der Waals surface area contributed by atoms with Crippen molar-refractivity contribution in [1.29, 1.82) is 0 Å². The lowest BCUT2D eigenvalue weighted by atomic mass is 10.0. The van der Waals surface area contributed by atoms with E-state index >= 15 is 0 Å². The van der Waals surface area contributed by atoms with E-state index in [1.807, 2.05) is 0 Å². The molecular formula is C17H26N6O3S. The number of rotatable bonds is 8. The van der Waals surface area contributed by atoms with Crippen LogP contribution in [0.25, 0.3) is 11.2 Å². The summed E-state index contributed by atoms with van der Waals surface area (Å²) >= 11 is 1.59. The molecule has 2 aliphatic rings. The van der Waals surface area contributed by atoms with Crippen LogP contribution in [0.1, 0.15) is 45.1 Å². The van der Waals surface area contributed by atoms with E-state index in [2.05, 4.69) is 32.5 Å². The SMILES string of the molecule is CCCSc1nc(NC2CC2)c2nnn([C@H]3C[C@@H](CCO)[C@H](O)[C@@H]3O)c2n1. The lowest BCUT2D eigenvalue weighted by Gasteiger charge is -2.17. The Labute approximate surface area is 161 Å². The number of aliphatic hydroxyl groups is 3. The third kappa shape index (κ3) is 3.75. The number of aromatic nitrogens is 5. The first kappa shape index (κ1) is 18.9. The summed E-state index contributed by atoms with van der Waals surface area (Å²) in [5, 5.41) is 42.6. The number of hydrogen-bond acceptors (Lipinski definition) is 9. The van der Waals surface area contributed by atoms with Gasteiger partial charge in [0.15, 0.2) is 22.1 Å². The number of anilines is 1. The Morgan fingerprint density at radius 3 is 2.74 bits per heavy atom. The van der Waals surface area contributed by atoms with Crippen LogP contribution in [0.15, 0.2) is 5.16 Å². The van der Waals surface area contributed by atoms with Crippen molar-refractivity contribution in [1.82, 2.24) is 25.0 Å². The van der Waals surface area contributed by atoms with E-state index in [4.69, 9.17) is 0 Å². The van der Waals surface area contributed by atoms with Crippen molar-refractivity contribution in [2.45, 2.75) is 68.5 Å². The summed E-state index contributed by atoms with van der Waals surface area (Å²) < 4.78 is 1.62. The Kier molecular flexibility index (Phi) is 5.49. The number of hydrogen-bond donors (Lipinski definition) is 4. The molecule has 4 rings (SSSR count). The van der Waals surface area contributed by atoms with Crippen LogP contribution in [0.2, 0.25) is 0 Å². The van der Waals surface area contributed by atoms with E-state index in [-0.39, 0.29) is 12.5 Å². The zero-order valence-corrected chi connectivity index (χ0v) is 16.1. The van der Waals surface area contributed by atoms with Gasteiger partial charge >= 0.3 is 0 Å². The van der Waals surface area contributed by atoms with Gasteiger partial charge in [0.1, 0.15) is 6.10 Å². The van der Waals surface area contributed by atoms with Crippen LogP contribution in [0.5, 0.6) is 0 Å². The van der Waals surface area contributed by atoms with Crippen LogP contribution < -0.4 is 5.32 Å². The minimum Gasteiger partial charge on any atom is -0.396 e. The monoisotopic (exact) mass is 394 g/mol. The third-order valence-corrected chi connectivity index (χ3v) is 6.30. The molecule has 10 heteroatoms. The van der Waals surface area contributed by atoms with Crippen molar-refractivity contribution in [3.63, 3.8) is 0 Å². The van der Waals surface area contributed by atoms with Gasteiger partial charge in [0, 0.05) is 18.4 Å². The van der Waals surface area contributed by atoms with Crippen molar-refractivity contribution < 1.29 is 15.3 Å². The summed E-state index contributed by atoms with van der Waals surface area (Å²) in [5.41, 5.74) is 1.17. The van der Waals surface area contributed by atoms with Crippen molar-refractivity contribution in [2.24, 2.45) is 5.92 Å². The van der Waals surface area contributed by atoms with E-state index in [0.29, 0.717) is 41.0 Å². The molecule has 148 valence electrons. The molecule has 4 N–H and O–H groups in total. The minimum absolute atomic E-state index is 0.0191. The zero-order chi connectivity index (χ0) is 19.0. The second-order valence-electron chi connectivity index (χ2n) is 7.38. The quantitative estimate of drug-likeness (QED) is 0.382. The molecule has 0 amide bonds.